The van der Waals surface area contributed by atoms with E-state index in [1.54, 1.807) is 7.11 Å². The third kappa shape index (κ3) is 3.52. The number of nitrogens with zero attached hydrogens (tertiary/aromatic N) is 1. The van der Waals surface area contributed by atoms with Gasteiger partial charge in [-0.25, -0.2) is 0 Å². The van der Waals surface area contributed by atoms with Crippen LogP contribution < -0.4 is 5.32 Å². The van der Waals surface area contributed by atoms with Crippen LogP contribution in [0.5, 0.6) is 0 Å². The SMILES string of the molecule is COC1(c2ccccc2)CCN(C(=O)c2ccccc2C2CCNC2)CC1. The molecule has 142 valence electrons. The molecule has 2 fully saturated rings. The summed E-state index contributed by atoms with van der Waals surface area (Å²) in [5.74, 6) is 0.604. The Balaban J connectivity index is 1.51. The average Bonchev–Trinajstić information content (AvgIpc) is 3.29. The van der Waals surface area contributed by atoms with Gasteiger partial charge in [0.1, 0.15) is 0 Å². The molecule has 2 aliphatic heterocycles. The third-order valence-corrected chi connectivity index (χ3v) is 6.24. The summed E-state index contributed by atoms with van der Waals surface area (Å²) < 4.78 is 5.96. The number of rotatable bonds is 4. The molecule has 0 radical (unpaired) electrons. The molecule has 2 aromatic rings. The van der Waals surface area contributed by atoms with E-state index in [9.17, 15) is 4.79 Å². The van der Waals surface area contributed by atoms with E-state index in [1.165, 1.54) is 11.1 Å². The number of carbonyl (C=O) groups excluding carboxylic acids is 1. The van der Waals surface area contributed by atoms with Crippen molar-refractivity contribution in [3.8, 4) is 0 Å². The van der Waals surface area contributed by atoms with Crippen LogP contribution in [0, 0.1) is 0 Å². The van der Waals surface area contributed by atoms with Gasteiger partial charge < -0.3 is 15.0 Å². The molecule has 4 rings (SSSR count). The maximum Gasteiger partial charge on any atom is 0.254 e. The Labute approximate surface area is 161 Å². The number of methoxy groups -OCH3 is 1. The van der Waals surface area contributed by atoms with E-state index >= 15 is 0 Å². The number of nitrogens with one attached hydrogen (secondary N) is 1. The lowest BCUT2D eigenvalue weighted by Crippen LogP contribution is -2.46. The smallest absolute Gasteiger partial charge is 0.254 e. The number of hydrogen-bond acceptors (Lipinski definition) is 3. The van der Waals surface area contributed by atoms with Crippen molar-refractivity contribution in [2.45, 2.75) is 30.8 Å². The second-order valence-corrected chi connectivity index (χ2v) is 7.63. The topological polar surface area (TPSA) is 41.6 Å². The van der Waals surface area contributed by atoms with Gasteiger partial charge in [-0.1, -0.05) is 48.5 Å². The fourth-order valence-electron chi connectivity index (χ4n) is 4.56. The van der Waals surface area contributed by atoms with Crippen LogP contribution in [0.15, 0.2) is 54.6 Å². The molecule has 1 amide bonds. The molecule has 2 heterocycles. The number of likely N-dealkylation sites (tertiary alicyclic amines) is 1. The predicted octanol–water partition coefficient (Wildman–Crippen LogP) is 3.54. The van der Waals surface area contributed by atoms with E-state index in [2.05, 4.69) is 35.6 Å². The lowest BCUT2D eigenvalue weighted by molar-refractivity contribution is -0.0574. The first-order chi connectivity index (χ1) is 13.2. The Morgan fingerprint density at radius 1 is 1.07 bits per heavy atom. The summed E-state index contributed by atoms with van der Waals surface area (Å²) in [6.45, 7) is 3.44. The van der Waals surface area contributed by atoms with Gasteiger partial charge in [0.25, 0.3) is 5.91 Å². The molecule has 2 aromatic carbocycles. The molecular formula is C23H28N2O2. The molecule has 0 aromatic heterocycles. The highest BCUT2D eigenvalue weighted by atomic mass is 16.5. The monoisotopic (exact) mass is 364 g/mol. The van der Waals surface area contributed by atoms with Crippen molar-refractivity contribution >= 4 is 5.91 Å². The zero-order chi connectivity index (χ0) is 18.7. The molecule has 0 aliphatic carbocycles. The third-order valence-electron chi connectivity index (χ3n) is 6.24. The van der Waals surface area contributed by atoms with Crippen LogP contribution in [-0.4, -0.2) is 44.1 Å². The minimum Gasteiger partial charge on any atom is -0.373 e. The van der Waals surface area contributed by atoms with E-state index in [-0.39, 0.29) is 11.5 Å². The first kappa shape index (κ1) is 18.2. The molecule has 2 aliphatic rings. The van der Waals surface area contributed by atoms with E-state index in [0.717, 1.165) is 51.0 Å². The predicted molar refractivity (Wildman–Crippen MR) is 107 cm³/mol. The zero-order valence-corrected chi connectivity index (χ0v) is 16.0. The standard InChI is InChI=1S/C23H28N2O2/c1-27-23(19-7-3-2-4-8-19)12-15-25(16-13-23)22(26)21-10-6-5-9-20(21)18-11-14-24-17-18/h2-10,18,24H,11-17H2,1H3. The zero-order valence-electron chi connectivity index (χ0n) is 16.0. The van der Waals surface area contributed by atoms with E-state index in [4.69, 9.17) is 4.74 Å². The highest BCUT2D eigenvalue weighted by Gasteiger charge is 2.38. The number of carbonyl (C=O) groups is 1. The normalized spacial score (nSPS) is 22.0. The van der Waals surface area contributed by atoms with Crippen LogP contribution >= 0.6 is 0 Å². The lowest BCUT2D eigenvalue weighted by atomic mass is 9.83. The number of hydrogen-bond donors (Lipinski definition) is 1. The summed E-state index contributed by atoms with van der Waals surface area (Å²) in [4.78, 5) is 15.3. The second-order valence-electron chi connectivity index (χ2n) is 7.63. The first-order valence-corrected chi connectivity index (χ1v) is 9.93. The first-order valence-electron chi connectivity index (χ1n) is 9.93. The van der Waals surface area contributed by atoms with Crippen molar-refractivity contribution in [1.82, 2.24) is 10.2 Å². The maximum absolute atomic E-state index is 13.3. The Bertz CT molecular complexity index is 776. The van der Waals surface area contributed by atoms with E-state index < -0.39 is 0 Å². The van der Waals surface area contributed by atoms with Crippen molar-refractivity contribution < 1.29 is 9.53 Å². The molecule has 0 spiro atoms. The molecule has 4 heteroatoms. The number of piperidine rings is 1. The van der Waals surface area contributed by atoms with Crippen molar-refractivity contribution in [2.24, 2.45) is 0 Å². The van der Waals surface area contributed by atoms with Gasteiger partial charge in [0, 0.05) is 32.3 Å². The largest absolute Gasteiger partial charge is 0.373 e. The highest BCUT2D eigenvalue weighted by Crippen LogP contribution is 2.37. The van der Waals surface area contributed by atoms with Gasteiger partial charge in [-0.05, 0) is 48.9 Å². The van der Waals surface area contributed by atoms with Crippen molar-refractivity contribution in [3.63, 3.8) is 0 Å². The quantitative estimate of drug-likeness (QED) is 0.902. The van der Waals surface area contributed by atoms with Crippen molar-refractivity contribution in [1.29, 1.82) is 0 Å². The molecule has 0 saturated carbocycles. The molecule has 0 bridgehead atoms. The van der Waals surface area contributed by atoms with Gasteiger partial charge in [-0.2, -0.15) is 0 Å². The minimum absolute atomic E-state index is 0.162. The molecule has 27 heavy (non-hydrogen) atoms. The summed E-state index contributed by atoms with van der Waals surface area (Å²) in [5.41, 5.74) is 2.99. The van der Waals surface area contributed by atoms with Gasteiger partial charge in [-0.3, -0.25) is 4.79 Å². The molecule has 2 saturated heterocycles. The summed E-state index contributed by atoms with van der Waals surface area (Å²) in [5, 5.41) is 3.41. The summed E-state index contributed by atoms with van der Waals surface area (Å²) in [6.07, 6.45) is 2.75. The van der Waals surface area contributed by atoms with Crippen LogP contribution in [0.2, 0.25) is 0 Å². The van der Waals surface area contributed by atoms with E-state index in [0.29, 0.717) is 5.92 Å². The molecule has 1 N–H and O–H groups in total. The number of amides is 1. The fraction of sp³-hybridized carbons (Fsp3) is 0.435. The van der Waals surface area contributed by atoms with Crippen LogP contribution in [0.25, 0.3) is 0 Å². The second kappa shape index (κ2) is 7.83. The van der Waals surface area contributed by atoms with Crippen molar-refractivity contribution in [2.75, 3.05) is 33.3 Å². The fourth-order valence-corrected chi connectivity index (χ4v) is 4.56. The number of ether oxygens (including phenoxy) is 1. The molecule has 1 unspecified atom stereocenters. The van der Waals surface area contributed by atoms with Crippen LogP contribution in [0.4, 0.5) is 0 Å². The highest BCUT2D eigenvalue weighted by molar-refractivity contribution is 5.96. The maximum atomic E-state index is 13.3. The van der Waals surface area contributed by atoms with Gasteiger partial charge in [0.2, 0.25) is 0 Å². The Kier molecular flexibility index (Phi) is 5.28. The summed E-state index contributed by atoms with van der Waals surface area (Å²) in [7, 11) is 1.78. The Morgan fingerprint density at radius 3 is 2.44 bits per heavy atom. The van der Waals surface area contributed by atoms with Gasteiger partial charge in [0.05, 0.1) is 5.60 Å². The Hall–Kier alpha value is -2.17. The summed E-state index contributed by atoms with van der Waals surface area (Å²) >= 11 is 0. The molecule has 4 nitrogen and oxygen atoms in total. The minimum atomic E-state index is -0.285. The van der Waals surface area contributed by atoms with Gasteiger partial charge in [0.15, 0.2) is 0 Å². The lowest BCUT2D eigenvalue weighted by Gasteiger charge is -2.41. The van der Waals surface area contributed by atoms with E-state index in [1.807, 2.05) is 29.2 Å². The van der Waals surface area contributed by atoms with Crippen LogP contribution in [0.3, 0.4) is 0 Å². The van der Waals surface area contributed by atoms with Crippen molar-refractivity contribution in [3.05, 3.63) is 71.3 Å². The average molecular weight is 364 g/mol. The van der Waals surface area contributed by atoms with Gasteiger partial charge in [-0.15, -0.1) is 0 Å². The van der Waals surface area contributed by atoms with Gasteiger partial charge >= 0.3 is 0 Å². The molecular weight excluding hydrogens is 336 g/mol. The number of benzene rings is 2. The Morgan fingerprint density at radius 2 is 1.78 bits per heavy atom. The van der Waals surface area contributed by atoms with Crippen LogP contribution in [0.1, 0.15) is 46.7 Å². The summed E-state index contributed by atoms with van der Waals surface area (Å²) in [6, 6.07) is 18.5. The molecule has 1 atom stereocenters. The van der Waals surface area contributed by atoms with Crippen LogP contribution in [-0.2, 0) is 10.3 Å².